The van der Waals surface area contributed by atoms with Gasteiger partial charge in [-0.15, -0.1) is 0 Å². The molecule has 14 heavy (non-hydrogen) atoms. The molecule has 0 radical (unpaired) electrons. The van der Waals surface area contributed by atoms with Gasteiger partial charge in [0.05, 0.1) is 5.54 Å². The van der Waals surface area contributed by atoms with Gasteiger partial charge in [0.15, 0.2) is 0 Å². The van der Waals surface area contributed by atoms with E-state index in [-0.39, 0.29) is 11.6 Å². The van der Waals surface area contributed by atoms with Gasteiger partial charge in [0.2, 0.25) is 0 Å². The first-order chi connectivity index (χ1) is 6.82. The minimum atomic E-state index is -0.367. The van der Waals surface area contributed by atoms with Crippen LogP contribution in [-0.2, 0) is 0 Å². The number of hydrogen-bond donors (Lipinski definition) is 3. The van der Waals surface area contributed by atoms with Crippen LogP contribution in [0.4, 0.5) is 5.69 Å². The first-order valence-corrected chi connectivity index (χ1v) is 5.08. The normalized spacial score (nSPS) is 34.5. The van der Waals surface area contributed by atoms with Crippen molar-refractivity contribution in [3.8, 4) is 0 Å². The second-order valence-electron chi connectivity index (χ2n) is 4.20. The molecule has 1 aromatic rings. The van der Waals surface area contributed by atoms with Crippen LogP contribution in [0.15, 0.2) is 24.3 Å². The molecule has 2 aliphatic rings. The molecule has 3 rings (SSSR count). The van der Waals surface area contributed by atoms with Crippen LogP contribution in [0.2, 0.25) is 0 Å². The first-order valence-electron chi connectivity index (χ1n) is 5.08. The largest absolute Gasteiger partial charge is 0.386 e. The Morgan fingerprint density at radius 2 is 2.21 bits per heavy atom. The molecule has 1 saturated heterocycles. The number of para-hydroxylation sites is 1. The Hall–Kier alpha value is -1.06. The van der Waals surface area contributed by atoms with Gasteiger partial charge in [-0.3, -0.25) is 0 Å². The lowest BCUT2D eigenvalue weighted by atomic mass is 9.91. The highest BCUT2D eigenvalue weighted by molar-refractivity contribution is 5.61. The highest BCUT2D eigenvalue weighted by Gasteiger charge is 2.46. The second-order valence-corrected chi connectivity index (χ2v) is 4.20. The van der Waals surface area contributed by atoms with Gasteiger partial charge in [0.1, 0.15) is 6.10 Å². The van der Waals surface area contributed by atoms with E-state index in [9.17, 15) is 5.11 Å². The van der Waals surface area contributed by atoms with E-state index in [4.69, 9.17) is 0 Å². The van der Waals surface area contributed by atoms with Crippen molar-refractivity contribution >= 4 is 5.69 Å². The third kappa shape index (κ3) is 0.938. The van der Waals surface area contributed by atoms with E-state index in [1.165, 1.54) is 0 Å². The monoisotopic (exact) mass is 190 g/mol. The van der Waals surface area contributed by atoms with Crippen LogP contribution in [0.1, 0.15) is 18.1 Å². The first kappa shape index (κ1) is 8.26. The molecular weight excluding hydrogens is 176 g/mol. The molecule has 3 nitrogen and oxygen atoms in total. The van der Waals surface area contributed by atoms with E-state index >= 15 is 0 Å². The third-order valence-corrected chi connectivity index (χ3v) is 3.35. The summed E-state index contributed by atoms with van der Waals surface area (Å²) < 4.78 is 0. The standard InChI is InChI=1S/C11H14N2O/c14-10-8-3-1-2-4-9(8)13-11(10)5-6-12-7-11/h1-4,10,12-14H,5-7H2. The second kappa shape index (κ2) is 2.72. The maximum absolute atomic E-state index is 10.2. The Morgan fingerprint density at radius 3 is 2.93 bits per heavy atom. The van der Waals surface area contributed by atoms with E-state index in [0.29, 0.717) is 0 Å². The van der Waals surface area contributed by atoms with Crippen molar-refractivity contribution in [3.05, 3.63) is 29.8 Å². The molecular formula is C11H14N2O. The lowest BCUT2D eigenvalue weighted by Gasteiger charge is -2.27. The topological polar surface area (TPSA) is 44.3 Å². The maximum atomic E-state index is 10.2. The summed E-state index contributed by atoms with van der Waals surface area (Å²) in [6.45, 7) is 1.83. The molecule has 0 aliphatic carbocycles. The Bertz CT molecular complexity index is 358. The Balaban J connectivity index is 2.04. The number of hydrogen-bond acceptors (Lipinski definition) is 3. The van der Waals surface area contributed by atoms with Crippen LogP contribution < -0.4 is 10.6 Å². The molecule has 74 valence electrons. The zero-order chi connectivity index (χ0) is 9.60. The van der Waals surface area contributed by atoms with E-state index < -0.39 is 0 Å². The molecule has 2 unspecified atom stereocenters. The Labute approximate surface area is 83.1 Å². The number of rotatable bonds is 0. The summed E-state index contributed by atoms with van der Waals surface area (Å²) in [4.78, 5) is 0. The lowest BCUT2D eigenvalue weighted by Crippen LogP contribution is -2.41. The van der Waals surface area contributed by atoms with Crippen molar-refractivity contribution in [2.45, 2.75) is 18.1 Å². The van der Waals surface area contributed by atoms with Crippen LogP contribution in [0, 0.1) is 0 Å². The van der Waals surface area contributed by atoms with Gasteiger partial charge in [0.25, 0.3) is 0 Å². The van der Waals surface area contributed by atoms with Gasteiger partial charge in [-0.1, -0.05) is 18.2 Å². The summed E-state index contributed by atoms with van der Waals surface area (Å²) in [7, 11) is 0. The van der Waals surface area contributed by atoms with Gasteiger partial charge in [-0.05, 0) is 19.0 Å². The van der Waals surface area contributed by atoms with Gasteiger partial charge >= 0.3 is 0 Å². The summed E-state index contributed by atoms with van der Waals surface area (Å²) in [6.07, 6.45) is 0.622. The molecule has 0 saturated carbocycles. The molecule has 1 aromatic carbocycles. The summed E-state index contributed by atoms with van der Waals surface area (Å²) >= 11 is 0. The fraction of sp³-hybridized carbons (Fsp3) is 0.455. The van der Waals surface area contributed by atoms with E-state index in [2.05, 4.69) is 10.6 Å². The Morgan fingerprint density at radius 1 is 1.36 bits per heavy atom. The highest BCUT2D eigenvalue weighted by Crippen LogP contribution is 2.43. The quantitative estimate of drug-likeness (QED) is 0.569. The molecule has 2 atom stereocenters. The van der Waals surface area contributed by atoms with E-state index in [1.54, 1.807) is 0 Å². The molecule has 1 spiro atoms. The molecule has 3 N–H and O–H groups in total. The average Bonchev–Trinajstić information content (AvgIpc) is 2.77. The van der Waals surface area contributed by atoms with Crippen LogP contribution >= 0.6 is 0 Å². The van der Waals surface area contributed by atoms with E-state index in [0.717, 1.165) is 30.8 Å². The average molecular weight is 190 g/mol. The number of aliphatic hydroxyl groups excluding tert-OH is 1. The van der Waals surface area contributed by atoms with Crippen molar-refractivity contribution in [3.63, 3.8) is 0 Å². The van der Waals surface area contributed by atoms with Crippen LogP contribution in [0.3, 0.4) is 0 Å². The number of benzene rings is 1. The van der Waals surface area contributed by atoms with Crippen molar-refractivity contribution in [1.82, 2.24) is 5.32 Å². The molecule has 1 fully saturated rings. The molecule has 0 aromatic heterocycles. The zero-order valence-corrected chi connectivity index (χ0v) is 7.96. The Kier molecular flexibility index (Phi) is 1.60. The summed E-state index contributed by atoms with van der Waals surface area (Å²) in [5.41, 5.74) is 1.98. The van der Waals surface area contributed by atoms with Crippen LogP contribution in [0.25, 0.3) is 0 Å². The van der Waals surface area contributed by atoms with Gasteiger partial charge in [-0.2, -0.15) is 0 Å². The maximum Gasteiger partial charge on any atom is 0.105 e. The summed E-state index contributed by atoms with van der Waals surface area (Å²) in [6, 6.07) is 8.01. The lowest BCUT2D eigenvalue weighted by molar-refractivity contribution is 0.118. The van der Waals surface area contributed by atoms with E-state index in [1.807, 2.05) is 24.3 Å². The van der Waals surface area contributed by atoms with Crippen LogP contribution in [0.5, 0.6) is 0 Å². The predicted octanol–water partition coefficient (Wildman–Crippen LogP) is 0.878. The molecule has 2 aliphatic heterocycles. The van der Waals surface area contributed by atoms with Crippen molar-refractivity contribution < 1.29 is 5.11 Å². The number of fused-ring (bicyclic) bond motifs is 1. The fourth-order valence-corrected chi connectivity index (χ4v) is 2.53. The molecule has 0 bridgehead atoms. The van der Waals surface area contributed by atoms with Gasteiger partial charge < -0.3 is 15.7 Å². The molecule has 0 amide bonds. The fourth-order valence-electron chi connectivity index (χ4n) is 2.53. The van der Waals surface area contributed by atoms with Crippen molar-refractivity contribution in [2.75, 3.05) is 18.4 Å². The van der Waals surface area contributed by atoms with Crippen molar-refractivity contribution in [2.24, 2.45) is 0 Å². The SMILES string of the molecule is OC1c2ccccc2NC12CCNC2. The minimum absolute atomic E-state index is 0.149. The summed E-state index contributed by atoms with van der Waals surface area (Å²) in [5, 5.41) is 17.0. The predicted molar refractivity (Wildman–Crippen MR) is 55.2 cm³/mol. The number of nitrogens with one attached hydrogen (secondary N) is 2. The van der Waals surface area contributed by atoms with Crippen LogP contribution in [-0.4, -0.2) is 23.7 Å². The molecule has 3 heteroatoms. The van der Waals surface area contributed by atoms with Gasteiger partial charge in [0, 0.05) is 17.8 Å². The number of aliphatic hydroxyl groups is 1. The van der Waals surface area contributed by atoms with Crippen molar-refractivity contribution in [1.29, 1.82) is 0 Å². The smallest absolute Gasteiger partial charge is 0.105 e. The molecule has 2 heterocycles. The third-order valence-electron chi connectivity index (χ3n) is 3.35. The highest BCUT2D eigenvalue weighted by atomic mass is 16.3. The number of anilines is 1. The minimum Gasteiger partial charge on any atom is -0.386 e. The summed E-state index contributed by atoms with van der Waals surface area (Å²) in [5.74, 6) is 0. The van der Waals surface area contributed by atoms with Gasteiger partial charge in [-0.25, -0.2) is 0 Å². The zero-order valence-electron chi connectivity index (χ0n) is 7.96.